The second kappa shape index (κ2) is 8.21. The van der Waals surface area contributed by atoms with Gasteiger partial charge in [-0.1, -0.05) is 18.2 Å². The molecule has 1 amide bonds. The molecule has 0 aliphatic carbocycles. The van der Waals surface area contributed by atoms with Crippen molar-refractivity contribution >= 4 is 61.6 Å². The molecule has 4 rings (SSSR count). The molecule has 0 spiro atoms. The Morgan fingerprint density at radius 3 is 2.53 bits per heavy atom. The molecular formula is C23H19IN2O5S. The Morgan fingerprint density at radius 1 is 1.16 bits per heavy atom. The maximum Gasteiger partial charge on any atom is 0.337 e. The molecule has 3 aromatic rings. The van der Waals surface area contributed by atoms with E-state index >= 15 is 0 Å². The zero-order chi connectivity index (χ0) is 23.2. The third-order valence-electron chi connectivity index (χ3n) is 5.42. The fourth-order valence-electron chi connectivity index (χ4n) is 3.79. The van der Waals surface area contributed by atoms with Crippen LogP contribution < -0.4 is 5.32 Å². The van der Waals surface area contributed by atoms with E-state index < -0.39 is 15.8 Å². The number of aromatic amines is 1. The largest absolute Gasteiger partial charge is 0.478 e. The Balaban J connectivity index is 1.76. The summed E-state index contributed by atoms with van der Waals surface area (Å²) in [4.78, 5) is 27.2. The van der Waals surface area contributed by atoms with Gasteiger partial charge in [0.15, 0.2) is 9.84 Å². The average molecular weight is 562 g/mol. The Morgan fingerprint density at radius 2 is 1.88 bits per heavy atom. The number of H-pyrrole nitrogens is 1. The number of halogens is 1. The summed E-state index contributed by atoms with van der Waals surface area (Å²) in [6.45, 7) is 3.31. The van der Waals surface area contributed by atoms with Crippen molar-refractivity contribution < 1.29 is 23.1 Å². The summed E-state index contributed by atoms with van der Waals surface area (Å²) in [7, 11) is -3.65. The van der Waals surface area contributed by atoms with Crippen LogP contribution in [0.2, 0.25) is 0 Å². The second-order valence-corrected chi connectivity index (χ2v) is 10.7. The molecule has 1 aliphatic rings. The number of fused-ring (bicyclic) bond motifs is 1. The summed E-state index contributed by atoms with van der Waals surface area (Å²) >= 11 is 2.11. The first-order valence-electron chi connectivity index (χ1n) is 9.64. The SMILES string of the molecule is Cc1[nH]c(/C=C2\C(=O)Nc3ccc(S(=O)(=O)Cc4ccccc4I)cc32)c(C)c1C(=O)O. The third kappa shape index (κ3) is 3.97. The normalized spacial score (nSPS) is 14.5. The van der Waals surface area contributed by atoms with Gasteiger partial charge in [-0.3, -0.25) is 4.79 Å². The van der Waals surface area contributed by atoms with Crippen LogP contribution in [0.5, 0.6) is 0 Å². The Hall–Kier alpha value is -2.92. The van der Waals surface area contributed by atoms with Crippen LogP contribution in [0.25, 0.3) is 11.6 Å². The van der Waals surface area contributed by atoms with Gasteiger partial charge in [0.05, 0.1) is 21.8 Å². The third-order valence-corrected chi connectivity index (χ3v) is 8.13. The van der Waals surface area contributed by atoms with Crippen molar-refractivity contribution in [2.75, 3.05) is 5.32 Å². The molecule has 9 heteroatoms. The predicted octanol–water partition coefficient (Wildman–Crippen LogP) is 4.40. The van der Waals surface area contributed by atoms with Crippen LogP contribution in [0.15, 0.2) is 47.4 Å². The van der Waals surface area contributed by atoms with E-state index in [-0.39, 0.29) is 27.7 Å². The monoisotopic (exact) mass is 562 g/mol. The number of carbonyl (C=O) groups excluding carboxylic acids is 1. The zero-order valence-electron chi connectivity index (χ0n) is 17.2. The lowest BCUT2D eigenvalue weighted by Gasteiger charge is -2.08. The van der Waals surface area contributed by atoms with Crippen molar-refractivity contribution in [1.82, 2.24) is 4.98 Å². The molecule has 0 fully saturated rings. The molecule has 0 saturated carbocycles. The van der Waals surface area contributed by atoms with E-state index in [0.717, 1.165) is 3.57 Å². The number of aromatic carboxylic acids is 1. The maximum absolute atomic E-state index is 13.1. The van der Waals surface area contributed by atoms with Gasteiger partial charge in [-0.05, 0) is 77.9 Å². The number of nitrogens with one attached hydrogen (secondary N) is 2. The summed E-state index contributed by atoms with van der Waals surface area (Å²) in [6, 6.07) is 11.8. The highest BCUT2D eigenvalue weighted by Gasteiger charge is 2.28. The van der Waals surface area contributed by atoms with Crippen molar-refractivity contribution in [2.24, 2.45) is 0 Å². The van der Waals surface area contributed by atoms with Gasteiger partial charge in [0.2, 0.25) is 0 Å². The van der Waals surface area contributed by atoms with Crippen LogP contribution >= 0.6 is 22.6 Å². The molecule has 0 bridgehead atoms. The average Bonchev–Trinajstić information content (AvgIpc) is 3.18. The van der Waals surface area contributed by atoms with Gasteiger partial charge in [-0.25, -0.2) is 13.2 Å². The van der Waals surface area contributed by atoms with Crippen molar-refractivity contribution in [1.29, 1.82) is 0 Å². The number of sulfone groups is 1. The van der Waals surface area contributed by atoms with Crippen LogP contribution in [0.4, 0.5) is 5.69 Å². The summed E-state index contributed by atoms with van der Waals surface area (Å²) < 4.78 is 27.0. The minimum Gasteiger partial charge on any atom is -0.478 e. The van der Waals surface area contributed by atoms with Crippen LogP contribution in [0.3, 0.4) is 0 Å². The molecule has 164 valence electrons. The fraction of sp³-hybridized carbons (Fsp3) is 0.130. The van der Waals surface area contributed by atoms with Crippen LogP contribution in [-0.4, -0.2) is 30.4 Å². The highest BCUT2D eigenvalue weighted by Crippen LogP contribution is 2.36. The zero-order valence-corrected chi connectivity index (χ0v) is 20.2. The summed E-state index contributed by atoms with van der Waals surface area (Å²) in [6.07, 6.45) is 1.56. The minimum atomic E-state index is -3.65. The highest BCUT2D eigenvalue weighted by molar-refractivity contribution is 14.1. The molecule has 0 unspecified atom stereocenters. The smallest absolute Gasteiger partial charge is 0.337 e. The first-order chi connectivity index (χ1) is 15.1. The number of aromatic nitrogens is 1. The molecular weight excluding hydrogens is 543 g/mol. The van der Waals surface area contributed by atoms with Crippen LogP contribution in [0.1, 0.15) is 38.4 Å². The number of aryl methyl sites for hydroxylation is 1. The van der Waals surface area contributed by atoms with E-state index in [1.807, 2.05) is 12.1 Å². The van der Waals surface area contributed by atoms with E-state index in [1.54, 1.807) is 38.1 Å². The maximum atomic E-state index is 13.1. The number of carboxylic acids is 1. The number of carbonyl (C=O) groups is 2. The summed E-state index contributed by atoms with van der Waals surface area (Å²) in [5.74, 6) is -1.58. The number of carboxylic acid groups (broad SMARTS) is 1. The highest BCUT2D eigenvalue weighted by atomic mass is 127. The molecule has 2 aromatic carbocycles. The lowest BCUT2D eigenvalue weighted by atomic mass is 10.0. The topological polar surface area (TPSA) is 116 Å². The molecule has 0 radical (unpaired) electrons. The van der Waals surface area contributed by atoms with Crippen molar-refractivity contribution in [2.45, 2.75) is 24.5 Å². The molecule has 0 saturated heterocycles. The molecule has 0 atom stereocenters. The van der Waals surface area contributed by atoms with Gasteiger partial charge in [-0.2, -0.15) is 0 Å². The minimum absolute atomic E-state index is 0.115. The summed E-state index contributed by atoms with van der Waals surface area (Å²) in [5, 5.41) is 12.1. The molecule has 1 aliphatic heterocycles. The van der Waals surface area contributed by atoms with E-state index in [9.17, 15) is 23.1 Å². The molecule has 32 heavy (non-hydrogen) atoms. The Kier molecular flexibility index (Phi) is 5.72. The number of rotatable bonds is 5. The van der Waals surface area contributed by atoms with E-state index in [4.69, 9.17) is 0 Å². The van der Waals surface area contributed by atoms with E-state index in [1.165, 1.54) is 12.1 Å². The van der Waals surface area contributed by atoms with Gasteiger partial charge in [0.1, 0.15) is 0 Å². The lowest BCUT2D eigenvalue weighted by Crippen LogP contribution is -2.06. The number of hydrogen-bond donors (Lipinski definition) is 3. The van der Waals surface area contributed by atoms with Gasteiger partial charge >= 0.3 is 5.97 Å². The number of anilines is 1. The molecule has 1 aromatic heterocycles. The van der Waals surface area contributed by atoms with Crippen LogP contribution in [0, 0.1) is 17.4 Å². The molecule has 7 nitrogen and oxygen atoms in total. The first kappa shape index (κ1) is 22.3. The van der Waals surface area contributed by atoms with Gasteiger partial charge in [0.25, 0.3) is 5.91 Å². The first-order valence-corrected chi connectivity index (χ1v) is 12.4. The van der Waals surface area contributed by atoms with Crippen molar-refractivity contribution in [3.63, 3.8) is 0 Å². The fourth-order valence-corrected chi connectivity index (χ4v) is 6.03. The van der Waals surface area contributed by atoms with E-state index in [0.29, 0.717) is 33.8 Å². The lowest BCUT2D eigenvalue weighted by molar-refractivity contribution is -0.110. The second-order valence-electron chi connectivity index (χ2n) is 7.54. The number of amides is 1. The van der Waals surface area contributed by atoms with Gasteiger partial charge in [0, 0.05) is 26.2 Å². The van der Waals surface area contributed by atoms with Gasteiger partial charge in [-0.15, -0.1) is 0 Å². The van der Waals surface area contributed by atoms with Gasteiger partial charge < -0.3 is 15.4 Å². The number of benzene rings is 2. The summed E-state index contributed by atoms with van der Waals surface area (Å²) in [5.41, 5.74) is 3.58. The van der Waals surface area contributed by atoms with E-state index in [2.05, 4.69) is 32.9 Å². The Labute approximate surface area is 198 Å². The standard InChI is InChI=1S/C23H19IN2O5S/c1-12-20(25-13(2)21(12)23(28)29)10-17-16-9-15(7-8-19(16)26-22(17)27)32(30,31)11-14-5-3-4-6-18(14)24/h3-10,25H,11H2,1-2H3,(H,26,27)(H,28,29)/b17-10-. The predicted molar refractivity (Wildman–Crippen MR) is 130 cm³/mol. The molecule has 2 heterocycles. The van der Waals surface area contributed by atoms with Crippen LogP contribution in [-0.2, 0) is 20.4 Å². The quantitative estimate of drug-likeness (QED) is 0.315. The Bertz CT molecular complexity index is 1420. The molecule has 3 N–H and O–H groups in total. The van der Waals surface area contributed by atoms with Crippen molar-refractivity contribution in [3.05, 3.63) is 79.7 Å². The number of hydrogen-bond acceptors (Lipinski definition) is 4. The van der Waals surface area contributed by atoms with Crippen molar-refractivity contribution in [3.8, 4) is 0 Å².